The molecule has 1 unspecified atom stereocenters. The summed E-state index contributed by atoms with van der Waals surface area (Å²) in [6.45, 7) is 2.97. The van der Waals surface area contributed by atoms with E-state index in [9.17, 15) is 0 Å². The van der Waals surface area contributed by atoms with E-state index in [1.165, 1.54) is 5.56 Å². The van der Waals surface area contributed by atoms with E-state index in [-0.39, 0.29) is 0 Å². The van der Waals surface area contributed by atoms with Crippen molar-refractivity contribution in [1.82, 2.24) is 10.3 Å². The molecule has 24 heavy (non-hydrogen) atoms. The molecule has 0 saturated carbocycles. The lowest BCUT2D eigenvalue weighted by atomic mass is 9.91. The Kier molecular flexibility index (Phi) is 6.65. The van der Waals surface area contributed by atoms with E-state index in [0.29, 0.717) is 12.0 Å². The van der Waals surface area contributed by atoms with Crippen molar-refractivity contribution in [3.63, 3.8) is 0 Å². The predicted molar refractivity (Wildman–Crippen MR) is 98.6 cm³/mol. The number of piperidine rings is 1. The molecule has 2 aromatic rings. The third-order valence-corrected chi connectivity index (χ3v) is 4.85. The maximum atomic E-state index is 6.04. The highest BCUT2D eigenvalue weighted by Gasteiger charge is 2.17. The van der Waals surface area contributed by atoms with Crippen LogP contribution in [-0.4, -0.2) is 30.8 Å². The van der Waals surface area contributed by atoms with Crippen LogP contribution in [0.2, 0.25) is 5.02 Å². The highest BCUT2D eigenvalue weighted by Crippen LogP contribution is 2.29. The van der Waals surface area contributed by atoms with E-state index in [1.807, 2.05) is 24.4 Å². The van der Waals surface area contributed by atoms with Gasteiger partial charge in [0.1, 0.15) is 0 Å². The van der Waals surface area contributed by atoms with Gasteiger partial charge < -0.3 is 10.1 Å². The molecule has 1 aliphatic heterocycles. The van der Waals surface area contributed by atoms with Crippen LogP contribution < -0.4 is 5.32 Å². The third kappa shape index (κ3) is 5.04. The monoisotopic (exact) mass is 344 g/mol. The third-order valence-electron chi connectivity index (χ3n) is 4.59. The SMILES string of the molecule is Clc1ccc(C(CCCOC2CCNCC2)c2ccccn2)cc1. The molecular formula is C20H25ClN2O. The summed E-state index contributed by atoms with van der Waals surface area (Å²) in [7, 11) is 0. The molecular weight excluding hydrogens is 320 g/mol. The normalized spacial score (nSPS) is 16.9. The van der Waals surface area contributed by atoms with Crippen LogP contribution in [0.4, 0.5) is 0 Å². The number of halogens is 1. The standard InChI is InChI=1S/C20H25ClN2O/c21-17-8-6-16(7-9-17)19(20-5-1-2-12-23-20)4-3-15-24-18-10-13-22-14-11-18/h1-2,5-9,12,18-19,22H,3-4,10-11,13-15H2. The average molecular weight is 345 g/mol. The minimum absolute atomic E-state index is 0.292. The maximum Gasteiger partial charge on any atom is 0.0599 e. The molecule has 0 aliphatic carbocycles. The van der Waals surface area contributed by atoms with Gasteiger partial charge in [0, 0.05) is 29.4 Å². The van der Waals surface area contributed by atoms with Crippen molar-refractivity contribution in [3.8, 4) is 0 Å². The minimum Gasteiger partial charge on any atom is -0.378 e. The Labute approximate surface area is 149 Å². The summed E-state index contributed by atoms with van der Waals surface area (Å²) in [6, 6.07) is 14.2. The minimum atomic E-state index is 0.292. The number of hydrogen-bond donors (Lipinski definition) is 1. The summed E-state index contributed by atoms with van der Waals surface area (Å²) in [5.41, 5.74) is 2.38. The molecule has 1 N–H and O–H groups in total. The number of benzene rings is 1. The van der Waals surface area contributed by atoms with Gasteiger partial charge >= 0.3 is 0 Å². The maximum absolute atomic E-state index is 6.04. The molecule has 1 aromatic carbocycles. The molecule has 3 rings (SSSR count). The first-order valence-electron chi connectivity index (χ1n) is 8.81. The number of nitrogens with one attached hydrogen (secondary N) is 1. The zero-order valence-electron chi connectivity index (χ0n) is 14.0. The molecule has 2 heterocycles. The quantitative estimate of drug-likeness (QED) is 0.755. The first-order valence-corrected chi connectivity index (χ1v) is 9.19. The van der Waals surface area contributed by atoms with Crippen molar-refractivity contribution < 1.29 is 4.74 Å². The largest absolute Gasteiger partial charge is 0.378 e. The van der Waals surface area contributed by atoms with Gasteiger partial charge in [-0.25, -0.2) is 0 Å². The predicted octanol–water partition coefficient (Wildman–Crippen LogP) is 4.42. The number of aromatic nitrogens is 1. The average Bonchev–Trinajstić information content (AvgIpc) is 2.64. The van der Waals surface area contributed by atoms with E-state index in [2.05, 4.69) is 34.6 Å². The lowest BCUT2D eigenvalue weighted by molar-refractivity contribution is 0.0305. The lowest BCUT2D eigenvalue weighted by Crippen LogP contribution is -2.32. The Morgan fingerprint density at radius 1 is 1.12 bits per heavy atom. The second-order valence-corrected chi connectivity index (χ2v) is 6.76. The molecule has 0 spiro atoms. The topological polar surface area (TPSA) is 34.1 Å². The first-order chi connectivity index (χ1) is 11.8. The Morgan fingerprint density at radius 2 is 1.92 bits per heavy atom. The molecule has 1 aliphatic rings. The summed E-state index contributed by atoms with van der Waals surface area (Å²) in [5.74, 6) is 0.292. The van der Waals surface area contributed by atoms with Gasteiger partial charge in [-0.1, -0.05) is 29.8 Å². The van der Waals surface area contributed by atoms with Gasteiger partial charge in [-0.15, -0.1) is 0 Å². The zero-order chi connectivity index (χ0) is 16.6. The van der Waals surface area contributed by atoms with Crippen molar-refractivity contribution in [3.05, 3.63) is 64.9 Å². The van der Waals surface area contributed by atoms with Gasteiger partial charge in [0.25, 0.3) is 0 Å². The second kappa shape index (κ2) is 9.16. The summed E-state index contributed by atoms with van der Waals surface area (Å²) in [5, 5.41) is 4.14. The van der Waals surface area contributed by atoms with Crippen molar-refractivity contribution in [1.29, 1.82) is 0 Å². The van der Waals surface area contributed by atoms with Crippen LogP contribution in [0.25, 0.3) is 0 Å². The Hall–Kier alpha value is -1.42. The molecule has 3 nitrogen and oxygen atoms in total. The van der Waals surface area contributed by atoms with Crippen molar-refractivity contribution in [2.45, 2.75) is 37.7 Å². The van der Waals surface area contributed by atoms with Gasteiger partial charge in [-0.3, -0.25) is 4.98 Å². The Bertz CT molecular complexity index is 597. The van der Waals surface area contributed by atoms with Crippen molar-refractivity contribution >= 4 is 11.6 Å². The van der Waals surface area contributed by atoms with E-state index in [4.69, 9.17) is 16.3 Å². The van der Waals surface area contributed by atoms with Crippen LogP contribution in [0.1, 0.15) is 42.9 Å². The van der Waals surface area contributed by atoms with Crippen LogP contribution >= 0.6 is 11.6 Å². The van der Waals surface area contributed by atoms with Gasteiger partial charge in [0.05, 0.1) is 6.10 Å². The zero-order valence-corrected chi connectivity index (χ0v) is 14.7. The number of hydrogen-bond acceptors (Lipinski definition) is 3. The molecule has 1 aromatic heterocycles. The highest BCUT2D eigenvalue weighted by atomic mass is 35.5. The first kappa shape index (κ1) is 17.4. The smallest absolute Gasteiger partial charge is 0.0599 e. The molecule has 128 valence electrons. The highest BCUT2D eigenvalue weighted by molar-refractivity contribution is 6.30. The summed E-state index contributed by atoms with van der Waals surface area (Å²) in [4.78, 5) is 4.56. The number of rotatable bonds is 7. The van der Waals surface area contributed by atoms with E-state index in [1.54, 1.807) is 0 Å². The van der Waals surface area contributed by atoms with E-state index >= 15 is 0 Å². The molecule has 1 saturated heterocycles. The fourth-order valence-corrected chi connectivity index (χ4v) is 3.39. The van der Waals surface area contributed by atoms with Crippen LogP contribution in [0.5, 0.6) is 0 Å². The Morgan fingerprint density at radius 3 is 2.62 bits per heavy atom. The summed E-state index contributed by atoms with van der Waals surface area (Å²) >= 11 is 6.03. The van der Waals surface area contributed by atoms with Gasteiger partial charge in [0.2, 0.25) is 0 Å². The van der Waals surface area contributed by atoms with E-state index < -0.39 is 0 Å². The molecule has 1 fully saturated rings. The second-order valence-electron chi connectivity index (χ2n) is 6.32. The van der Waals surface area contributed by atoms with Gasteiger partial charge in [0.15, 0.2) is 0 Å². The molecule has 4 heteroatoms. The molecule has 0 amide bonds. The summed E-state index contributed by atoms with van der Waals surface area (Å²) in [6.07, 6.45) is 6.61. The lowest BCUT2D eigenvalue weighted by Gasteiger charge is -2.23. The molecule has 0 radical (unpaired) electrons. The number of ether oxygens (including phenoxy) is 1. The van der Waals surface area contributed by atoms with Gasteiger partial charge in [-0.2, -0.15) is 0 Å². The number of nitrogens with zero attached hydrogens (tertiary/aromatic N) is 1. The summed E-state index contributed by atoms with van der Waals surface area (Å²) < 4.78 is 6.04. The van der Waals surface area contributed by atoms with Crippen LogP contribution in [0.15, 0.2) is 48.7 Å². The van der Waals surface area contributed by atoms with E-state index in [0.717, 1.165) is 56.1 Å². The van der Waals surface area contributed by atoms with Crippen LogP contribution in [0, 0.1) is 0 Å². The van der Waals surface area contributed by atoms with Crippen LogP contribution in [0.3, 0.4) is 0 Å². The molecule has 1 atom stereocenters. The fourth-order valence-electron chi connectivity index (χ4n) is 3.26. The van der Waals surface area contributed by atoms with Crippen molar-refractivity contribution in [2.75, 3.05) is 19.7 Å². The number of pyridine rings is 1. The van der Waals surface area contributed by atoms with Crippen LogP contribution in [-0.2, 0) is 4.74 Å². The van der Waals surface area contributed by atoms with Crippen molar-refractivity contribution in [2.24, 2.45) is 0 Å². The molecule has 0 bridgehead atoms. The van der Waals surface area contributed by atoms with Gasteiger partial charge in [-0.05, 0) is 68.6 Å². The fraction of sp³-hybridized carbons (Fsp3) is 0.450. The Balaban J connectivity index is 1.59.